The average molecular weight is 792 g/mol. The van der Waals surface area contributed by atoms with Crippen LogP contribution in [0.1, 0.15) is 29.5 Å². The molecule has 0 saturated heterocycles. The minimum absolute atomic E-state index is 0.703. The molecule has 0 amide bonds. The highest BCUT2D eigenvalue weighted by atomic mass is 16.3. The molecule has 10 aromatic carbocycles. The fourth-order valence-corrected chi connectivity index (χ4v) is 9.99. The van der Waals surface area contributed by atoms with E-state index in [-0.39, 0.29) is 0 Å². The summed E-state index contributed by atoms with van der Waals surface area (Å²) in [5.41, 5.74) is 10.2. The summed E-state index contributed by atoms with van der Waals surface area (Å²) in [4.78, 5) is 11.1. The third-order valence-electron chi connectivity index (χ3n) is 12.8. The van der Waals surface area contributed by atoms with Crippen LogP contribution < -0.4 is 0 Å². The van der Waals surface area contributed by atoms with Crippen LogP contribution >= 0.6 is 0 Å². The monoisotopic (exact) mass is 791 g/mol. The molecule has 62 heavy (non-hydrogen) atoms. The highest BCUT2D eigenvalue weighted by Gasteiger charge is 2.23. The van der Waals surface area contributed by atoms with Crippen LogP contribution in [0.4, 0.5) is 0 Å². The Hall–Kier alpha value is -8.08. The van der Waals surface area contributed by atoms with Crippen molar-refractivity contribution in [1.29, 1.82) is 0 Å². The van der Waals surface area contributed by atoms with Crippen molar-refractivity contribution >= 4 is 104 Å². The molecule has 0 N–H and O–H groups in total. The zero-order valence-electron chi connectivity index (χ0n) is 33.7. The molecule has 12 aromatic rings. The van der Waals surface area contributed by atoms with Gasteiger partial charge in [-0.05, 0) is 86.4 Å². The van der Waals surface area contributed by atoms with E-state index in [9.17, 15) is 0 Å². The molecule has 4 heteroatoms. The Balaban J connectivity index is 1.07. The number of amidine groups is 1. The number of hydrogen-bond acceptors (Lipinski definition) is 3. The molecule has 3 heterocycles. The van der Waals surface area contributed by atoms with Gasteiger partial charge in [0.1, 0.15) is 11.2 Å². The van der Waals surface area contributed by atoms with Gasteiger partial charge in [-0.1, -0.05) is 164 Å². The molecule has 0 aliphatic carbocycles. The number of benzene rings is 10. The van der Waals surface area contributed by atoms with Gasteiger partial charge in [0.25, 0.3) is 0 Å². The van der Waals surface area contributed by atoms with Crippen LogP contribution in [0.15, 0.2) is 215 Å². The Bertz CT molecular complexity index is 3910. The van der Waals surface area contributed by atoms with Crippen LogP contribution in [0, 0.1) is 0 Å². The first kappa shape index (κ1) is 34.8. The van der Waals surface area contributed by atoms with E-state index in [0.717, 1.165) is 90.1 Å². The second-order valence-corrected chi connectivity index (χ2v) is 16.4. The van der Waals surface area contributed by atoms with Crippen LogP contribution in [-0.2, 0) is 0 Å². The lowest BCUT2D eigenvalue weighted by atomic mass is 9.92. The van der Waals surface area contributed by atoms with Crippen molar-refractivity contribution < 1.29 is 4.42 Å². The molecule has 0 unspecified atom stereocenters. The molecule has 0 bridgehead atoms. The van der Waals surface area contributed by atoms with E-state index in [4.69, 9.17) is 14.4 Å². The minimum atomic E-state index is 0.703. The molecule has 1 aliphatic rings. The Morgan fingerprint density at radius 2 is 1.13 bits per heavy atom. The van der Waals surface area contributed by atoms with Crippen LogP contribution in [0.3, 0.4) is 0 Å². The summed E-state index contributed by atoms with van der Waals surface area (Å²) < 4.78 is 9.44. The van der Waals surface area contributed by atoms with Gasteiger partial charge in [0.05, 0.1) is 22.4 Å². The SMILES string of the molecule is C1=C(c2ccccc2)N=C(c2cccc3ccccc23)N=C(c2c3ccccc3cc3oc4cc(-n5c6cc7ccccc7cc6c6ccc7ccccc7c65)ccc4c23)CC1. The highest BCUT2D eigenvalue weighted by molar-refractivity contribution is 6.29. The number of fused-ring (bicyclic) bond motifs is 11. The van der Waals surface area contributed by atoms with Gasteiger partial charge in [-0.2, -0.15) is 0 Å². The molecule has 0 atom stereocenters. The van der Waals surface area contributed by atoms with Crippen LogP contribution in [-0.4, -0.2) is 16.1 Å². The van der Waals surface area contributed by atoms with E-state index in [0.29, 0.717) is 5.84 Å². The van der Waals surface area contributed by atoms with Gasteiger partial charge in [0, 0.05) is 49.8 Å². The summed E-state index contributed by atoms with van der Waals surface area (Å²) in [7, 11) is 0. The smallest absolute Gasteiger partial charge is 0.160 e. The maximum Gasteiger partial charge on any atom is 0.160 e. The van der Waals surface area contributed by atoms with E-state index in [1.165, 1.54) is 43.4 Å². The summed E-state index contributed by atoms with van der Waals surface area (Å²) in [5.74, 6) is 0.703. The van der Waals surface area contributed by atoms with Gasteiger partial charge in [-0.25, -0.2) is 9.98 Å². The van der Waals surface area contributed by atoms with E-state index in [1.54, 1.807) is 0 Å². The van der Waals surface area contributed by atoms with Gasteiger partial charge in [-0.15, -0.1) is 0 Å². The number of furan rings is 1. The zero-order chi connectivity index (χ0) is 40.7. The van der Waals surface area contributed by atoms with Gasteiger partial charge < -0.3 is 8.98 Å². The topological polar surface area (TPSA) is 42.8 Å². The van der Waals surface area contributed by atoms with E-state index in [1.807, 2.05) is 0 Å². The molecule has 4 nitrogen and oxygen atoms in total. The normalized spacial score (nSPS) is 13.6. The summed E-state index contributed by atoms with van der Waals surface area (Å²) in [6.45, 7) is 0. The Morgan fingerprint density at radius 3 is 1.97 bits per heavy atom. The molecule has 0 fully saturated rings. The number of aliphatic imine (C=N–C) groups is 2. The predicted molar refractivity (Wildman–Crippen MR) is 261 cm³/mol. The number of rotatable bonds is 4. The average Bonchev–Trinajstić information content (AvgIpc) is 3.85. The standard InChI is InChI=1S/C58H37N3O/c1-2-16-38(17-3-1)50-26-13-27-51(60-58(59-50)47-25-12-21-36-14-6-9-22-43(36)47)55-44-23-10-8-20-41(44)34-54-56(55)48-31-29-42(35-53(48)62-54)61-52-33-40-19-5-4-18-39(40)32-49(52)46-30-28-37-15-7-11-24-45(37)57(46)61/h1-12,14-26,28-35H,13,27H2. The van der Waals surface area contributed by atoms with Gasteiger partial charge >= 0.3 is 0 Å². The minimum Gasteiger partial charge on any atom is -0.456 e. The van der Waals surface area contributed by atoms with Crippen molar-refractivity contribution in [3.63, 3.8) is 0 Å². The Morgan fingerprint density at radius 1 is 0.452 bits per heavy atom. The maximum absolute atomic E-state index is 7.00. The second-order valence-electron chi connectivity index (χ2n) is 16.4. The van der Waals surface area contributed by atoms with E-state index < -0.39 is 0 Å². The molecule has 2 aromatic heterocycles. The molecule has 1 aliphatic heterocycles. The number of hydrogen-bond donors (Lipinski definition) is 0. The lowest BCUT2D eigenvalue weighted by molar-refractivity contribution is 0.669. The lowest BCUT2D eigenvalue weighted by Crippen LogP contribution is -2.10. The van der Waals surface area contributed by atoms with Crippen molar-refractivity contribution in [2.24, 2.45) is 9.98 Å². The maximum atomic E-state index is 7.00. The fourth-order valence-electron chi connectivity index (χ4n) is 9.99. The zero-order valence-corrected chi connectivity index (χ0v) is 33.7. The first-order valence-electron chi connectivity index (χ1n) is 21.4. The van der Waals surface area contributed by atoms with E-state index >= 15 is 0 Å². The van der Waals surface area contributed by atoms with Gasteiger partial charge in [-0.3, -0.25) is 0 Å². The molecule has 0 radical (unpaired) electrons. The molecule has 0 spiro atoms. The number of nitrogens with zero attached hydrogens (tertiary/aromatic N) is 3. The summed E-state index contributed by atoms with van der Waals surface area (Å²) in [5, 5.41) is 14.0. The Labute approximate surface area is 357 Å². The van der Waals surface area contributed by atoms with Crippen molar-refractivity contribution in [3.05, 3.63) is 217 Å². The quantitative estimate of drug-likeness (QED) is 0.175. The van der Waals surface area contributed by atoms with Crippen molar-refractivity contribution in [2.75, 3.05) is 0 Å². The first-order valence-corrected chi connectivity index (χ1v) is 21.4. The number of allylic oxidation sites excluding steroid dienone is 1. The molecular formula is C58H37N3O. The second kappa shape index (κ2) is 13.7. The molecular weight excluding hydrogens is 755 g/mol. The first-order chi connectivity index (χ1) is 30.7. The molecule has 13 rings (SSSR count). The summed E-state index contributed by atoms with van der Waals surface area (Å²) in [6, 6.07) is 69.6. The van der Waals surface area contributed by atoms with Crippen molar-refractivity contribution in [1.82, 2.24) is 4.57 Å². The van der Waals surface area contributed by atoms with Gasteiger partial charge in [0.15, 0.2) is 5.84 Å². The van der Waals surface area contributed by atoms with Gasteiger partial charge in [0.2, 0.25) is 0 Å². The largest absolute Gasteiger partial charge is 0.456 e. The van der Waals surface area contributed by atoms with Crippen LogP contribution in [0.5, 0.6) is 0 Å². The number of aromatic nitrogens is 1. The fraction of sp³-hybridized carbons (Fsp3) is 0.0345. The Kier molecular flexibility index (Phi) is 7.70. The van der Waals surface area contributed by atoms with E-state index in [2.05, 4.69) is 205 Å². The predicted octanol–water partition coefficient (Wildman–Crippen LogP) is 15.4. The summed E-state index contributed by atoms with van der Waals surface area (Å²) >= 11 is 0. The van der Waals surface area contributed by atoms with Crippen molar-refractivity contribution in [2.45, 2.75) is 12.8 Å². The lowest BCUT2D eigenvalue weighted by Gasteiger charge is -2.16. The molecule has 0 saturated carbocycles. The third kappa shape index (κ3) is 5.40. The third-order valence-corrected chi connectivity index (χ3v) is 12.8. The summed E-state index contributed by atoms with van der Waals surface area (Å²) in [6.07, 6.45) is 3.79. The highest BCUT2D eigenvalue weighted by Crippen LogP contribution is 2.42. The molecule has 290 valence electrons. The van der Waals surface area contributed by atoms with Crippen LogP contribution in [0.25, 0.3) is 98.2 Å². The van der Waals surface area contributed by atoms with Crippen LogP contribution in [0.2, 0.25) is 0 Å². The van der Waals surface area contributed by atoms with Crippen molar-refractivity contribution in [3.8, 4) is 5.69 Å².